The van der Waals surface area contributed by atoms with Crippen LogP contribution < -0.4 is 4.74 Å². The van der Waals surface area contributed by atoms with Crippen LogP contribution in [0.25, 0.3) is 11.5 Å². The molecule has 0 aliphatic carbocycles. The minimum atomic E-state index is -0.357. The molecule has 8 heteroatoms. The van der Waals surface area contributed by atoms with Gasteiger partial charge in [0.1, 0.15) is 12.4 Å². The summed E-state index contributed by atoms with van der Waals surface area (Å²) in [7, 11) is 1.74. The topological polar surface area (TPSA) is 68.5 Å². The van der Waals surface area contributed by atoms with Crippen molar-refractivity contribution in [3.05, 3.63) is 59.6 Å². The predicted octanol–water partition coefficient (Wildman–Crippen LogP) is 4.41. The first-order valence-corrected chi connectivity index (χ1v) is 9.97. The van der Waals surface area contributed by atoms with E-state index in [2.05, 4.69) is 10.2 Å². The smallest absolute Gasteiger partial charge is 0.277 e. The van der Waals surface area contributed by atoms with Crippen molar-refractivity contribution in [3.63, 3.8) is 0 Å². The van der Waals surface area contributed by atoms with Crippen molar-refractivity contribution in [2.45, 2.75) is 17.4 Å². The molecule has 0 saturated carbocycles. The van der Waals surface area contributed by atoms with E-state index in [0.717, 1.165) is 5.56 Å². The molecule has 0 bridgehead atoms. The average molecular weight is 418 g/mol. The van der Waals surface area contributed by atoms with Gasteiger partial charge < -0.3 is 14.1 Å². The number of amides is 1. The number of carbonyl (C=O) groups is 1. The molecule has 1 amide bonds. The highest BCUT2D eigenvalue weighted by Crippen LogP contribution is 2.26. The Kier molecular flexibility index (Phi) is 6.95. The zero-order chi connectivity index (χ0) is 19.9. The van der Waals surface area contributed by atoms with Crippen LogP contribution in [0.1, 0.15) is 6.92 Å². The third kappa shape index (κ3) is 5.50. The first kappa shape index (κ1) is 20.2. The van der Waals surface area contributed by atoms with Crippen LogP contribution in [-0.2, 0) is 4.79 Å². The van der Waals surface area contributed by atoms with Crippen LogP contribution in [0.2, 0.25) is 5.02 Å². The Labute approximate surface area is 172 Å². The summed E-state index contributed by atoms with van der Waals surface area (Å²) in [6.07, 6.45) is 0. The number of carbonyl (C=O) groups excluding carboxylic acids is 1. The molecule has 0 N–H and O–H groups in total. The van der Waals surface area contributed by atoms with Crippen LogP contribution in [0.5, 0.6) is 5.75 Å². The molecule has 1 atom stereocenters. The maximum Gasteiger partial charge on any atom is 0.277 e. The van der Waals surface area contributed by atoms with Gasteiger partial charge in [-0.3, -0.25) is 4.79 Å². The van der Waals surface area contributed by atoms with Gasteiger partial charge in [-0.2, -0.15) is 0 Å². The molecular formula is C20H20ClN3O3S. The van der Waals surface area contributed by atoms with Gasteiger partial charge in [0.2, 0.25) is 11.8 Å². The van der Waals surface area contributed by atoms with E-state index in [1.54, 1.807) is 36.2 Å². The fraction of sp³-hybridized carbons (Fsp3) is 0.250. The summed E-state index contributed by atoms with van der Waals surface area (Å²) < 4.78 is 11.3. The van der Waals surface area contributed by atoms with Crippen molar-refractivity contribution in [1.82, 2.24) is 15.1 Å². The second kappa shape index (κ2) is 9.61. The van der Waals surface area contributed by atoms with Gasteiger partial charge in [0.05, 0.1) is 11.8 Å². The number of ether oxygens (including phenoxy) is 1. The van der Waals surface area contributed by atoms with E-state index in [0.29, 0.717) is 35.0 Å². The van der Waals surface area contributed by atoms with E-state index in [9.17, 15) is 4.79 Å². The Morgan fingerprint density at radius 2 is 1.89 bits per heavy atom. The number of halogens is 1. The lowest BCUT2D eigenvalue weighted by atomic mass is 10.2. The molecular weight excluding hydrogens is 398 g/mol. The third-order valence-corrected chi connectivity index (χ3v) is 5.11. The molecule has 0 aliphatic rings. The summed E-state index contributed by atoms with van der Waals surface area (Å²) in [4.78, 5) is 14.2. The minimum Gasteiger partial charge on any atom is -0.492 e. The first-order valence-electron chi connectivity index (χ1n) is 8.72. The Morgan fingerprint density at radius 3 is 2.61 bits per heavy atom. The van der Waals surface area contributed by atoms with E-state index in [1.165, 1.54) is 11.8 Å². The Hall–Kier alpha value is -2.51. The van der Waals surface area contributed by atoms with Gasteiger partial charge in [-0.15, -0.1) is 10.2 Å². The number of hydrogen-bond acceptors (Lipinski definition) is 6. The highest BCUT2D eigenvalue weighted by molar-refractivity contribution is 8.00. The molecule has 6 nitrogen and oxygen atoms in total. The van der Waals surface area contributed by atoms with Crippen LogP contribution in [0.4, 0.5) is 0 Å². The second-order valence-electron chi connectivity index (χ2n) is 6.06. The summed E-state index contributed by atoms with van der Waals surface area (Å²) in [6, 6.07) is 16.6. The van der Waals surface area contributed by atoms with E-state index in [1.807, 2.05) is 37.3 Å². The van der Waals surface area contributed by atoms with E-state index < -0.39 is 0 Å². The van der Waals surface area contributed by atoms with Gasteiger partial charge in [0.15, 0.2) is 0 Å². The summed E-state index contributed by atoms with van der Waals surface area (Å²) in [5.74, 6) is 1.11. The lowest BCUT2D eigenvalue weighted by Crippen LogP contribution is -2.36. The van der Waals surface area contributed by atoms with Crippen molar-refractivity contribution in [2.24, 2.45) is 0 Å². The molecule has 1 heterocycles. The van der Waals surface area contributed by atoms with Crippen LogP contribution in [0, 0.1) is 0 Å². The summed E-state index contributed by atoms with van der Waals surface area (Å²) in [6.45, 7) is 2.67. The number of benzene rings is 2. The SMILES string of the molecule is CC(Sc1nnc(-c2ccccc2)o1)C(=O)N(C)CCOc1ccc(Cl)cc1. The Balaban J connectivity index is 1.48. The fourth-order valence-electron chi connectivity index (χ4n) is 2.41. The zero-order valence-corrected chi connectivity index (χ0v) is 17.1. The van der Waals surface area contributed by atoms with Crippen LogP contribution in [0.3, 0.4) is 0 Å². The zero-order valence-electron chi connectivity index (χ0n) is 15.5. The Morgan fingerprint density at radius 1 is 1.18 bits per heavy atom. The monoisotopic (exact) mass is 417 g/mol. The van der Waals surface area contributed by atoms with E-state index in [4.69, 9.17) is 20.8 Å². The number of hydrogen-bond donors (Lipinski definition) is 0. The van der Waals surface area contributed by atoms with Crippen molar-refractivity contribution >= 4 is 29.3 Å². The standard InChI is InChI=1S/C20H20ClN3O3S/c1-14(28-20-23-22-18(27-20)15-6-4-3-5-7-15)19(25)24(2)12-13-26-17-10-8-16(21)9-11-17/h3-11,14H,12-13H2,1-2H3. The number of aromatic nitrogens is 2. The molecule has 146 valence electrons. The first-order chi connectivity index (χ1) is 13.5. The number of thioether (sulfide) groups is 1. The van der Waals surface area contributed by atoms with E-state index >= 15 is 0 Å². The molecule has 0 fully saturated rings. The normalized spacial score (nSPS) is 11.8. The molecule has 28 heavy (non-hydrogen) atoms. The molecule has 3 aromatic rings. The van der Waals surface area contributed by atoms with Crippen LogP contribution in [0.15, 0.2) is 64.2 Å². The van der Waals surface area contributed by atoms with Crippen molar-refractivity contribution in [3.8, 4) is 17.2 Å². The van der Waals surface area contributed by atoms with Gasteiger partial charge in [-0.1, -0.05) is 41.6 Å². The largest absolute Gasteiger partial charge is 0.492 e. The van der Waals surface area contributed by atoms with Crippen molar-refractivity contribution in [2.75, 3.05) is 20.2 Å². The van der Waals surface area contributed by atoms with Crippen LogP contribution >= 0.6 is 23.4 Å². The lowest BCUT2D eigenvalue weighted by Gasteiger charge is -2.20. The average Bonchev–Trinajstić information content (AvgIpc) is 3.18. The van der Waals surface area contributed by atoms with Crippen molar-refractivity contribution < 1.29 is 13.9 Å². The third-order valence-electron chi connectivity index (χ3n) is 3.94. The van der Waals surface area contributed by atoms with E-state index in [-0.39, 0.29) is 11.2 Å². The molecule has 2 aromatic carbocycles. The second-order valence-corrected chi connectivity index (χ2v) is 7.79. The van der Waals surface area contributed by atoms with Gasteiger partial charge in [0.25, 0.3) is 5.22 Å². The maximum absolute atomic E-state index is 12.6. The summed E-state index contributed by atoms with van der Waals surface area (Å²) >= 11 is 7.09. The number of rotatable bonds is 8. The molecule has 0 saturated heterocycles. The van der Waals surface area contributed by atoms with Gasteiger partial charge in [-0.25, -0.2) is 0 Å². The molecule has 3 rings (SSSR count). The molecule has 0 spiro atoms. The van der Waals surface area contributed by atoms with Gasteiger partial charge in [-0.05, 0) is 43.3 Å². The molecule has 1 unspecified atom stereocenters. The highest BCUT2D eigenvalue weighted by Gasteiger charge is 2.21. The maximum atomic E-state index is 12.6. The van der Waals surface area contributed by atoms with Gasteiger partial charge in [0, 0.05) is 17.6 Å². The fourth-order valence-corrected chi connectivity index (χ4v) is 3.33. The quantitative estimate of drug-likeness (QED) is 0.506. The Bertz CT molecular complexity index is 903. The van der Waals surface area contributed by atoms with Crippen LogP contribution in [-0.4, -0.2) is 46.5 Å². The molecule has 1 aromatic heterocycles. The van der Waals surface area contributed by atoms with Crippen molar-refractivity contribution in [1.29, 1.82) is 0 Å². The van der Waals surface area contributed by atoms with Gasteiger partial charge >= 0.3 is 0 Å². The summed E-state index contributed by atoms with van der Waals surface area (Å²) in [5, 5.41) is 8.73. The minimum absolute atomic E-state index is 0.0378. The number of nitrogens with zero attached hydrogens (tertiary/aromatic N) is 3. The molecule has 0 aliphatic heterocycles. The lowest BCUT2D eigenvalue weighted by molar-refractivity contribution is -0.129. The highest BCUT2D eigenvalue weighted by atomic mass is 35.5. The predicted molar refractivity (Wildman–Crippen MR) is 110 cm³/mol. The number of likely N-dealkylation sites (N-methyl/N-ethyl adjacent to an activating group) is 1. The molecule has 0 radical (unpaired) electrons. The summed E-state index contributed by atoms with van der Waals surface area (Å²) in [5.41, 5.74) is 0.845.